The van der Waals surface area contributed by atoms with Crippen LogP contribution in [0.2, 0.25) is 39.3 Å². The molecule has 2 aromatic rings. The van der Waals surface area contributed by atoms with Gasteiger partial charge in [0.15, 0.2) is 0 Å². The fourth-order valence-electron chi connectivity index (χ4n) is 3.26. The van der Waals surface area contributed by atoms with Crippen molar-refractivity contribution in [3.63, 3.8) is 0 Å². The Bertz CT molecular complexity index is 955. The fraction of sp³-hybridized carbons (Fsp3) is 0.688. The Kier molecular flexibility index (Phi) is 16.4. The Hall–Kier alpha value is -0.602. The van der Waals surface area contributed by atoms with Gasteiger partial charge < -0.3 is 14.6 Å². The Morgan fingerprint density at radius 3 is 0.975 bits per heavy atom. The summed E-state index contributed by atoms with van der Waals surface area (Å²) in [7, 11) is -2.21. The van der Waals surface area contributed by atoms with Crippen LogP contribution in [-0.4, -0.2) is 40.0 Å². The monoisotopic (exact) mass is 659 g/mol. The molecule has 40 heavy (non-hydrogen) atoms. The third-order valence-corrected chi connectivity index (χ3v) is 10.1. The molecule has 0 N–H and O–H groups in total. The van der Waals surface area contributed by atoms with Crippen molar-refractivity contribution >= 4 is 28.9 Å². The zero-order valence-corrected chi connectivity index (χ0v) is 34.1. The number of hydrogen-bond acceptors (Lipinski definition) is 2. The number of nitrogens with zero attached hydrogens (tertiary/aromatic N) is 5. The number of hydrogen-bond donors (Lipinski definition) is 0. The zero-order valence-electron chi connectivity index (χ0n) is 29.3. The smallest absolute Gasteiger partial charge is 0.668 e. The van der Waals surface area contributed by atoms with E-state index in [0.29, 0.717) is 0 Å². The van der Waals surface area contributed by atoms with Crippen molar-refractivity contribution in [2.75, 3.05) is 0 Å². The van der Waals surface area contributed by atoms with Crippen LogP contribution >= 0.6 is 0 Å². The van der Waals surface area contributed by atoms with Gasteiger partial charge in [0, 0.05) is 12.4 Å². The molecule has 2 heterocycles. The Morgan fingerprint density at radius 1 is 0.550 bits per heavy atom. The molecule has 0 saturated heterocycles. The van der Waals surface area contributed by atoms with Gasteiger partial charge in [-0.3, -0.25) is 9.98 Å². The predicted octanol–water partition coefficient (Wildman–Crippen LogP) is 9.34. The van der Waals surface area contributed by atoms with Crippen molar-refractivity contribution in [2.24, 2.45) is 9.98 Å². The maximum Gasteiger partial charge on any atom is 3.00 e. The molecule has 0 aromatic carbocycles. The second kappa shape index (κ2) is 15.7. The van der Waals surface area contributed by atoms with E-state index in [4.69, 9.17) is 4.65 Å². The van der Waals surface area contributed by atoms with E-state index >= 15 is 0 Å². The maximum atomic E-state index is 4.82. The van der Waals surface area contributed by atoms with E-state index < -0.39 is 16.5 Å². The molecular formula is C32H60N5Si2Y. The first-order valence-electron chi connectivity index (χ1n) is 14.2. The van der Waals surface area contributed by atoms with Gasteiger partial charge in [-0.1, -0.05) is 122 Å². The Morgan fingerprint density at radius 2 is 0.825 bits per heavy atom. The molecule has 0 spiro atoms. The molecule has 2 aromatic heterocycles. The van der Waals surface area contributed by atoms with Gasteiger partial charge >= 0.3 is 32.7 Å². The third kappa shape index (κ3) is 22.1. The van der Waals surface area contributed by atoms with E-state index in [0.717, 1.165) is 22.8 Å². The van der Waals surface area contributed by atoms with Gasteiger partial charge in [0.2, 0.25) is 0 Å². The second-order valence-corrected chi connectivity index (χ2v) is 25.9. The Balaban J connectivity index is 0. The van der Waals surface area contributed by atoms with Crippen molar-refractivity contribution in [3.8, 4) is 0 Å². The first-order chi connectivity index (χ1) is 17.1. The normalized spacial score (nSPS) is 13.4. The molecule has 5 nitrogen and oxygen atoms in total. The van der Waals surface area contributed by atoms with Crippen LogP contribution in [0.3, 0.4) is 0 Å². The van der Waals surface area contributed by atoms with E-state index in [2.05, 4.69) is 154 Å². The van der Waals surface area contributed by atoms with Gasteiger partial charge in [-0.2, -0.15) is 11.4 Å². The summed E-state index contributed by atoms with van der Waals surface area (Å²) in [5, 5.41) is 0. The summed E-state index contributed by atoms with van der Waals surface area (Å²) in [4.78, 5) is 17.9. The molecule has 0 aliphatic carbocycles. The summed E-state index contributed by atoms with van der Waals surface area (Å²) in [6.45, 7) is 39.3. The standard InChI is InChI=1S/2C13H21N2.C6H18NSi2.Y/c2*1-12(2,3)11-8-7-10(15-11)9-14-13(4,5)6;1-8(2,3)7-9(4,5)6;/h2*7-9H,1-6H3;1-6H3;/q3*-1;+3. The van der Waals surface area contributed by atoms with Crippen LogP contribution in [-0.2, 0) is 43.5 Å². The largest absolute Gasteiger partial charge is 3.00 e. The SMILES string of the molecule is CC(C)(C)N=Cc1ccc(C(C)(C)C)[n-]1.CC(C)(C)N=Cc1ccc(C(C)(C)C)[n-]1.C[Si](C)(C)[N-][Si](C)(C)C.[Y+3]. The fourth-order valence-corrected chi connectivity index (χ4v) is 11.3. The van der Waals surface area contributed by atoms with E-state index in [-0.39, 0.29) is 54.6 Å². The molecule has 0 fully saturated rings. The van der Waals surface area contributed by atoms with Gasteiger partial charge in [0.05, 0.1) is 11.1 Å². The molecule has 224 valence electrons. The van der Waals surface area contributed by atoms with Gasteiger partial charge in [0.1, 0.15) is 0 Å². The van der Waals surface area contributed by atoms with E-state index in [1.165, 1.54) is 0 Å². The molecule has 0 bridgehead atoms. The second-order valence-electron chi connectivity index (χ2n) is 16.3. The molecular weight excluding hydrogens is 599 g/mol. The van der Waals surface area contributed by atoms with E-state index in [9.17, 15) is 0 Å². The predicted molar refractivity (Wildman–Crippen MR) is 182 cm³/mol. The molecule has 0 aliphatic heterocycles. The van der Waals surface area contributed by atoms with E-state index in [1.807, 2.05) is 24.6 Å². The average Bonchev–Trinajstić information content (AvgIpc) is 3.31. The molecule has 0 radical (unpaired) electrons. The van der Waals surface area contributed by atoms with Crippen LogP contribution in [0.15, 0.2) is 34.3 Å². The molecule has 8 heteroatoms. The van der Waals surface area contributed by atoms with Crippen LogP contribution in [0.4, 0.5) is 0 Å². The van der Waals surface area contributed by atoms with Gasteiger partial charge in [-0.25, -0.2) is 0 Å². The van der Waals surface area contributed by atoms with Crippen molar-refractivity contribution in [2.45, 2.75) is 144 Å². The van der Waals surface area contributed by atoms with Crippen LogP contribution in [0.1, 0.15) is 106 Å². The van der Waals surface area contributed by atoms with Crippen molar-refractivity contribution in [1.82, 2.24) is 9.97 Å². The number of aromatic nitrogens is 2. The number of aliphatic imine (C=N–C) groups is 2. The summed E-state index contributed by atoms with van der Waals surface area (Å²) >= 11 is 0. The zero-order chi connectivity index (χ0) is 31.1. The van der Waals surface area contributed by atoms with E-state index in [1.54, 1.807) is 0 Å². The van der Waals surface area contributed by atoms with Gasteiger partial charge in [-0.05, 0) is 52.4 Å². The van der Waals surface area contributed by atoms with Crippen molar-refractivity contribution in [1.29, 1.82) is 0 Å². The van der Waals surface area contributed by atoms with Crippen molar-refractivity contribution in [3.05, 3.63) is 51.7 Å². The minimum atomic E-state index is -1.11. The first kappa shape index (κ1) is 41.5. The quantitative estimate of drug-likeness (QED) is 0.243. The summed E-state index contributed by atoms with van der Waals surface area (Å²) in [5.74, 6) is 0. The van der Waals surface area contributed by atoms with Crippen LogP contribution in [0, 0.1) is 0 Å². The Labute approximate surface area is 275 Å². The molecule has 0 aliphatic rings. The van der Waals surface area contributed by atoms with Crippen LogP contribution < -0.4 is 9.97 Å². The van der Waals surface area contributed by atoms with Gasteiger partial charge in [-0.15, -0.1) is 11.4 Å². The minimum absolute atomic E-state index is 0. The topological polar surface area (TPSA) is 67.0 Å². The molecule has 0 atom stereocenters. The third-order valence-electron chi connectivity index (χ3n) is 4.70. The summed E-state index contributed by atoms with van der Waals surface area (Å²) in [5.41, 5.74) is 4.34. The summed E-state index contributed by atoms with van der Waals surface area (Å²) < 4.78 is 4.82. The minimum Gasteiger partial charge on any atom is -0.668 e. The van der Waals surface area contributed by atoms with Crippen LogP contribution in [0.5, 0.6) is 0 Å². The van der Waals surface area contributed by atoms with Crippen LogP contribution in [0.25, 0.3) is 4.65 Å². The maximum absolute atomic E-state index is 4.82. The summed E-state index contributed by atoms with van der Waals surface area (Å²) in [6.07, 6.45) is 3.71. The number of rotatable bonds is 4. The molecule has 2 rings (SSSR count). The average molecular weight is 660 g/mol. The molecule has 0 unspecified atom stereocenters. The van der Waals surface area contributed by atoms with Crippen molar-refractivity contribution < 1.29 is 32.7 Å². The molecule has 0 amide bonds. The first-order valence-corrected chi connectivity index (χ1v) is 21.1. The molecule has 0 saturated carbocycles. The van der Waals surface area contributed by atoms with Gasteiger partial charge in [0.25, 0.3) is 0 Å². The summed E-state index contributed by atoms with van der Waals surface area (Å²) in [6, 6.07) is 8.19.